The van der Waals surface area contributed by atoms with Gasteiger partial charge in [-0.3, -0.25) is 0 Å². The molecule has 0 saturated heterocycles. The number of anilines is 2. The lowest BCUT2D eigenvalue weighted by atomic mass is 10.3. The van der Waals surface area contributed by atoms with Gasteiger partial charge in [-0.05, 0) is 28.1 Å². The molecule has 1 aromatic heterocycles. The summed E-state index contributed by atoms with van der Waals surface area (Å²) in [6, 6.07) is 7.86. The monoisotopic (exact) mass is 238 g/mol. The Balaban J connectivity index is 2.24. The summed E-state index contributed by atoms with van der Waals surface area (Å²) in [5, 5.41) is 6.74. The molecule has 1 aromatic carbocycles. The van der Waals surface area contributed by atoms with Crippen LogP contribution in [0.2, 0.25) is 0 Å². The number of hydrogen-bond acceptors (Lipinski definition) is 3. The summed E-state index contributed by atoms with van der Waals surface area (Å²) < 4.78 is 5.71. The molecule has 0 spiro atoms. The first-order valence-corrected chi connectivity index (χ1v) is 4.56. The Morgan fingerprint density at radius 3 is 2.85 bits per heavy atom. The molecule has 2 aromatic rings. The number of halogens is 1. The summed E-state index contributed by atoms with van der Waals surface area (Å²) in [6.07, 6.45) is 3.18. The largest absolute Gasteiger partial charge is 0.363 e. The lowest BCUT2D eigenvalue weighted by Crippen LogP contribution is -1.88. The van der Waals surface area contributed by atoms with Gasteiger partial charge in [0.25, 0.3) is 0 Å². The zero-order valence-corrected chi connectivity index (χ0v) is 8.28. The highest BCUT2D eigenvalue weighted by Crippen LogP contribution is 2.24. The summed E-state index contributed by atoms with van der Waals surface area (Å²) in [5.41, 5.74) is 1.83. The number of rotatable bonds is 2. The number of para-hydroxylation sites is 1. The van der Waals surface area contributed by atoms with E-state index in [2.05, 4.69) is 26.4 Å². The first kappa shape index (κ1) is 8.31. The molecule has 2 rings (SSSR count). The standard InChI is InChI=1S/C9H7BrN2O/c10-8-3-1-2-4-9(8)12-7-5-11-13-6-7/h1-6,12H. The Morgan fingerprint density at radius 1 is 1.31 bits per heavy atom. The van der Waals surface area contributed by atoms with Gasteiger partial charge in [-0.2, -0.15) is 0 Å². The van der Waals surface area contributed by atoms with E-state index in [1.54, 1.807) is 12.5 Å². The molecule has 0 saturated carbocycles. The van der Waals surface area contributed by atoms with Crippen LogP contribution in [0.1, 0.15) is 0 Å². The summed E-state index contributed by atoms with van der Waals surface area (Å²) in [6.45, 7) is 0. The van der Waals surface area contributed by atoms with Crippen molar-refractivity contribution in [3.8, 4) is 0 Å². The lowest BCUT2D eigenvalue weighted by molar-refractivity contribution is 0.420. The maximum Gasteiger partial charge on any atom is 0.147 e. The predicted molar refractivity (Wildman–Crippen MR) is 53.9 cm³/mol. The minimum Gasteiger partial charge on any atom is -0.363 e. The van der Waals surface area contributed by atoms with Gasteiger partial charge in [0.2, 0.25) is 0 Å². The Bertz CT molecular complexity index is 386. The third-order valence-electron chi connectivity index (χ3n) is 1.59. The zero-order valence-electron chi connectivity index (χ0n) is 6.70. The maximum absolute atomic E-state index is 4.70. The minimum absolute atomic E-state index is 0.840. The van der Waals surface area contributed by atoms with Gasteiger partial charge in [0.05, 0.1) is 17.6 Å². The van der Waals surface area contributed by atoms with Gasteiger partial charge in [0, 0.05) is 4.47 Å². The maximum atomic E-state index is 4.70. The molecular formula is C9H7BrN2O. The van der Waals surface area contributed by atoms with Crippen molar-refractivity contribution in [2.75, 3.05) is 5.32 Å². The third kappa shape index (κ3) is 1.89. The normalized spacial score (nSPS) is 9.92. The SMILES string of the molecule is Brc1ccccc1Nc1cnoc1. The van der Waals surface area contributed by atoms with Crippen LogP contribution in [0.5, 0.6) is 0 Å². The molecule has 0 aliphatic rings. The van der Waals surface area contributed by atoms with Crippen LogP contribution in [0.3, 0.4) is 0 Å². The van der Waals surface area contributed by atoms with Crippen LogP contribution >= 0.6 is 15.9 Å². The fourth-order valence-corrected chi connectivity index (χ4v) is 1.37. The molecule has 1 heterocycles. The van der Waals surface area contributed by atoms with E-state index >= 15 is 0 Å². The molecule has 4 heteroatoms. The van der Waals surface area contributed by atoms with Gasteiger partial charge in [-0.1, -0.05) is 17.3 Å². The second kappa shape index (κ2) is 3.62. The van der Waals surface area contributed by atoms with Crippen molar-refractivity contribution in [2.24, 2.45) is 0 Å². The Hall–Kier alpha value is -1.29. The fraction of sp³-hybridized carbons (Fsp3) is 0. The van der Waals surface area contributed by atoms with Gasteiger partial charge in [0.1, 0.15) is 6.26 Å². The van der Waals surface area contributed by atoms with Crippen molar-refractivity contribution < 1.29 is 4.52 Å². The van der Waals surface area contributed by atoms with Gasteiger partial charge >= 0.3 is 0 Å². The van der Waals surface area contributed by atoms with Crippen molar-refractivity contribution in [3.05, 3.63) is 41.2 Å². The second-order valence-electron chi connectivity index (χ2n) is 2.52. The second-order valence-corrected chi connectivity index (χ2v) is 3.37. The molecule has 0 aliphatic carbocycles. The van der Waals surface area contributed by atoms with Crippen LogP contribution in [-0.4, -0.2) is 5.16 Å². The van der Waals surface area contributed by atoms with E-state index in [0.717, 1.165) is 15.8 Å². The molecule has 0 fully saturated rings. The number of benzene rings is 1. The van der Waals surface area contributed by atoms with Gasteiger partial charge in [0.15, 0.2) is 0 Å². The Labute approximate surface area is 83.9 Å². The first-order valence-electron chi connectivity index (χ1n) is 3.77. The number of nitrogens with one attached hydrogen (secondary N) is 1. The van der Waals surface area contributed by atoms with Crippen molar-refractivity contribution in [3.63, 3.8) is 0 Å². The summed E-state index contributed by atoms with van der Waals surface area (Å²) >= 11 is 3.43. The molecule has 0 amide bonds. The number of aromatic nitrogens is 1. The third-order valence-corrected chi connectivity index (χ3v) is 2.28. The van der Waals surface area contributed by atoms with Crippen LogP contribution in [0.4, 0.5) is 11.4 Å². The van der Waals surface area contributed by atoms with Crippen molar-refractivity contribution in [1.82, 2.24) is 5.16 Å². The van der Waals surface area contributed by atoms with Crippen molar-refractivity contribution >= 4 is 27.3 Å². The molecule has 3 nitrogen and oxygen atoms in total. The van der Waals surface area contributed by atoms with Crippen LogP contribution in [0.25, 0.3) is 0 Å². The molecule has 66 valence electrons. The van der Waals surface area contributed by atoms with Crippen molar-refractivity contribution in [2.45, 2.75) is 0 Å². The molecule has 0 unspecified atom stereocenters. The van der Waals surface area contributed by atoms with Crippen LogP contribution in [0.15, 0.2) is 45.7 Å². The van der Waals surface area contributed by atoms with E-state index in [0.29, 0.717) is 0 Å². The number of hydrogen-bond donors (Lipinski definition) is 1. The van der Waals surface area contributed by atoms with E-state index in [1.165, 1.54) is 0 Å². The molecule has 0 bridgehead atoms. The van der Waals surface area contributed by atoms with Crippen LogP contribution < -0.4 is 5.32 Å². The Morgan fingerprint density at radius 2 is 2.15 bits per heavy atom. The average Bonchev–Trinajstić information content (AvgIpc) is 2.61. The van der Waals surface area contributed by atoms with Crippen LogP contribution in [0, 0.1) is 0 Å². The summed E-state index contributed by atoms with van der Waals surface area (Å²) in [4.78, 5) is 0. The minimum atomic E-state index is 0.840. The molecule has 13 heavy (non-hydrogen) atoms. The highest BCUT2D eigenvalue weighted by molar-refractivity contribution is 9.10. The average molecular weight is 239 g/mol. The Kier molecular flexibility index (Phi) is 2.31. The van der Waals surface area contributed by atoms with Gasteiger partial charge in [-0.15, -0.1) is 0 Å². The van der Waals surface area contributed by atoms with Gasteiger partial charge < -0.3 is 9.84 Å². The molecule has 0 aliphatic heterocycles. The summed E-state index contributed by atoms with van der Waals surface area (Å²) in [5.74, 6) is 0. The predicted octanol–water partition coefficient (Wildman–Crippen LogP) is 3.18. The van der Waals surface area contributed by atoms with E-state index < -0.39 is 0 Å². The first-order chi connectivity index (χ1) is 6.36. The zero-order chi connectivity index (χ0) is 9.10. The topological polar surface area (TPSA) is 38.1 Å². The summed E-state index contributed by atoms with van der Waals surface area (Å²) in [7, 11) is 0. The van der Waals surface area contributed by atoms with Crippen LogP contribution in [-0.2, 0) is 0 Å². The van der Waals surface area contributed by atoms with E-state index in [-0.39, 0.29) is 0 Å². The molecule has 0 radical (unpaired) electrons. The van der Waals surface area contributed by atoms with E-state index in [9.17, 15) is 0 Å². The van der Waals surface area contributed by atoms with E-state index in [1.807, 2.05) is 24.3 Å². The number of nitrogens with zero attached hydrogens (tertiary/aromatic N) is 1. The smallest absolute Gasteiger partial charge is 0.147 e. The molecular weight excluding hydrogens is 232 g/mol. The molecule has 1 N–H and O–H groups in total. The van der Waals surface area contributed by atoms with Crippen molar-refractivity contribution in [1.29, 1.82) is 0 Å². The lowest BCUT2D eigenvalue weighted by Gasteiger charge is -2.03. The quantitative estimate of drug-likeness (QED) is 0.874. The fourth-order valence-electron chi connectivity index (χ4n) is 0.985. The highest BCUT2D eigenvalue weighted by Gasteiger charge is 1.99. The molecule has 0 atom stereocenters. The van der Waals surface area contributed by atoms with Gasteiger partial charge in [-0.25, -0.2) is 0 Å². The highest BCUT2D eigenvalue weighted by atomic mass is 79.9. The van der Waals surface area contributed by atoms with E-state index in [4.69, 9.17) is 4.52 Å².